The highest BCUT2D eigenvalue weighted by atomic mass is 16.1. The van der Waals surface area contributed by atoms with E-state index in [0.717, 1.165) is 11.3 Å². The number of hydrogen-bond acceptors (Lipinski definition) is 4. The Labute approximate surface area is 150 Å². The Hall–Kier alpha value is -3.74. The maximum Gasteiger partial charge on any atom is 0.253 e. The average molecular weight is 344 g/mol. The van der Waals surface area contributed by atoms with E-state index in [2.05, 4.69) is 20.4 Å². The van der Waals surface area contributed by atoms with Crippen LogP contribution in [0.4, 0.5) is 0 Å². The molecule has 0 aliphatic carbocycles. The molecule has 4 rings (SSSR count). The molecule has 1 amide bonds. The first-order chi connectivity index (χ1) is 12.8. The van der Waals surface area contributed by atoms with Gasteiger partial charge in [0.05, 0.1) is 17.4 Å². The molecular formula is C19H16N6O. The van der Waals surface area contributed by atoms with Crippen molar-refractivity contribution in [2.45, 2.75) is 6.54 Å². The minimum absolute atomic E-state index is 0.179. The Kier molecular flexibility index (Phi) is 4.26. The van der Waals surface area contributed by atoms with Gasteiger partial charge in [-0.25, -0.2) is 14.6 Å². The van der Waals surface area contributed by atoms with Crippen molar-refractivity contribution in [3.63, 3.8) is 0 Å². The summed E-state index contributed by atoms with van der Waals surface area (Å²) in [7, 11) is 0. The third-order valence-electron chi connectivity index (χ3n) is 3.89. The number of benzene rings is 1. The van der Waals surface area contributed by atoms with Crippen LogP contribution in [0.2, 0.25) is 0 Å². The number of para-hydroxylation sites is 1. The highest BCUT2D eigenvalue weighted by Gasteiger charge is 2.08. The fraction of sp³-hybridized carbons (Fsp3) is 0.0526. The molecule has 7 heteroatoms. The minimum Gasteiger partial charge on any atom is -0.348 e. The lowest BCUT2D eigenvalue weighted by Crippen LogP contribution is -2.22. The Morgan fingerprint density at radius 1 is 1.08 bits per heavy atom. The van der Waals surface area contributed by atoms with Crippen molar-refractivity contribution >= 4 is 5.91 Å². The van der Waals surface area contributed by atoms with Crippen LogP contribution in [-0.4, -0.2) is 30.2 Å². The van der Waals surface area contributed by atoms with Crippen LogP contribution < -0.4 is 5.32 Å². The van der Waals surface area contributed by atoms with Gasteiger partial charge >= 0.3 is 0 Å². The van der Waals surface area contributed by atoms with E-state index in [9.17, 15) is 4.79 Å². The van der Waals surface area contributed by atoms with E-state index in [1.807, 2.05) is 36.5 Å². The number of aromatic nitrogens is 5. The van der Waals surface area contributed by atoms with Crippen LogP contribution in [0.15, 0.2) is 79.8 Å². The van der Waals surface area contributed by atoms with Crippen molar-refractivity contribution in [2.24, 2.45) is 0 Å². The highest BCUT2D eigenvalue weighted by Crippen LogP contribution is 2.08. The summed E-state index contributed by atoms with van der Waals surface area (Å²) in [5.74, 6) is 0.533. The van der Waals surface area contributed by atoms with Gasteiger partial charge in [-0.1, -0.05) is 18.2 Å². The van der Waals surface area contributed by atoms with Crippen LogP contribution >= 0.6 is 0 Å². The minimum atomic E-state index is -0.179. The number of nitrogens with one attached hydrogen (secondary N) is 1. The van der Waals surface area contributed by atoms with Gasteiger partial charge in [0, 0.05) is 36.9 Å². The molecule has 0 radical (unpaired) electrons. The molecule has 0 unspecified atom stereocenters. The number of carbonyl (C=O) groups is 1. The third-order valence-corrected chi connectivity index (χ3v) is 3.89. The summed E-state index contributed by atoms with van der Waals surface area (Å²) in [4.78, 5) is 20.6. The molecule has 1 N–H and O–H groups in total. The summed E-state index contributed by atoms with van der Waals surface area (Å²) in [6, 6.07) is 13.3. The summed E-state index contributed by atoms with van der Waals surface area (Å²) in [6.45, 7) is 0.398. The van der Waals surface area contributed by atoms with Crippen LogP contribution in [0.25, 0.3) is 11.5 Å². The van der Waals surface area contributed by atoms with E-state index in [4.69, 9.17) is 0 Å². The number of amides is 1. The Morgan fingerprint density at radius 3 is 2.69 bits per heavy atom. The normalized spacial score (nSPS) is 10.6. The van der Waals surface area contributed by atoms with E-state index in [1.165, 1.54) is 0 Å². The molecule has 0 atom stereocenters. The number of rotatable bonds is 5. The van der Waals surface area contributed by atoms with Crippen molar-refractivity contribution in [2.75, 3.05) is 0 Å². The maximum absolute atomic E-state index is 12.3. The maximum atomic E-state index is 12.3. The number of imidazole rings is 1. The Bertz CT molecular complexity index is 990. The van der Waals surface area contributed by atoms with Crippen LogP contribution in [0.3, 0.4) is 0 Å². The number of pyridine rings is 1. The van der Waals surface area contributed by atoms with Crippen LogP contribution in [0.1, 0.15) is 15.9 Å². The second-order valence-electron chi connectivity index (χ2n) is 5.69. The molecule has 128 valence electrons. The fourth-order valence-corrected chi connectivity index (χ4v) is 2.53. The van der Waals surface area contributed by atoms with Gasteiger partial charge in [-0.05, 0) is 24.3 Å². The predicted molar refractivity (Wildman–Crippen MR) is 96.1 cm³/mol. The molecule has 0 bridgehead atoms. The van der Waals surface area contributed by atoms with E-state index in [-0.39, 0.29) is 5.91 Å². The average Bonchev–Trinajstić information content (AvgIpc) is 3.39. The lowest BCUT2D eigenvalue weighted by Gasteiger charge is -2.05. The summed E-state index contributed by atoms with van der Waals surface area (Å²) >= 11 is 0. The molecule has 0 aliphatic rings. The molecule has 26 heavy (non-hydrogen) atoms. The fourth-order valence-electron chi connectivity index (χ4n) is 2.53. The summed E-state index contributed by atoms with van der Waals surface area (Å²) < 4.78 is 3.56. The molecule has 3 aromatic heterocycles. The van der Waals surface area contributed by atoms with E-state index in [0.29, 0.717) is 17.9 Å². The van der Waals surface area contributed by atoms with Crippen molar-refractivity contribution in [3.8, 4) is 11.5 Å². The molecule has 0 aliphatic heterocycles. The van der Waals surface area contributed by atoms with Crippen LogP contribution in [-0.2, 0) is 6.54 Å². The van der Waals surface area contributed by atoms with E-state index >= 15 is 0 Å². The predicted octanol–water partition coefficient (Wildman–Crippen LogP) is 2.38. The molecule has 3 heterocycles. The lowest BCUT2D eigenvalue weighted by molar-refractivity contribution is 0.0950. The number of nitrogens with zero attached hydrogens (tertiary/aromatic N) is 5. The molecule has 0 spiro atoms. The molecule has 0 fully saturated rings. The van der Waals surface area contributed by atoms with Crippen molar-refractivity contribution in [3.05, 3.63) is 90.9 Å². The quantitative estimate of drug-likeness (QED) is 0.603. The first-order valence-corrected chi connectivity index (χ1v) is 8.11. The third kappa shape index (κ3) is 3.36. The van der Waals surface area contributed by atoms with Crippen LogP contribution in [0.5, 0.6) is 0 Å². The Morgan fingerprint density at radius 2 is 1.96 bits per heavy atom. The van der Waals surface area contributed by atoms with Gasteiger partial charge in [-0.2, -0.15) is 5.10 Å². The van der Waals surface area contributed by atoms with Gasteiger partial charge < -0.3 is 5.32 Å². The highest BCUT2D eigenvalue weighted by molar-refractivity contribution is 5.93. The monoisotopic (exact) mass is 344 g/mol. The first kappa shape index (κ1) is 15.8. The zero-order chi connectivity index (χ0) is 17.8. The van der Waals surface area contributed by atoms with Gasteiger partial charge in [0.2, 0.25) is 0 Å². The van der Waals surface area contributed by atoms with Gasteiger partial charge in [0.25, 0.3) is 5.91 Å². The van der Waals surface area contributed by atoms with Gasteiger partial charge in [0.15, 0.2) is 0 Å². The lowest BCUT2D eigenvalue weighted by atomic mass is 10.2. The number of hydrogen-bond donors (Lipinski definition) is 1. The molecule has 1 aromatic carbocycles. The van der Waals surface area contributed by atoms with Crippen molar-refractivity contribution in [1.29, 1.82) is 0 Å². The zero-order valence-corrected chi connectivity index (χ0v) is 13.9. The molecular weight excluding hydrogens is 328 g/mol. The van der Waals surface area contributed by atoms with Crippen LogP contribution in [0, 0.1) is 0 Å². The molecule has 0 saturated carbocycles. The topological polar surface area (TPSA) is 77.6 Å². The standard InChI is InChI=1S/C19H16N6O/c26-19(16-6-7-18(21-12-16)24-9-8-20-14-24)22-10-15-11-23-25(13-15)17-4-2-1-3-5-17/h1-9,11-14H,10H2,(H,22,26). The van der Waals surface area contributed by atoms with Gasteiger partial charge in [-0.3, -0.25) is 9.36 Å². The largest absolute Gasteiger partial charge is 0.348 e. The second kappa shape index (κ2) is 7.02. The molecule has 0 saturated heterocycles. The first-order valence-electron chi connectivity index (χ1n) is 8.11. The summed E-state index contributed by atoms with van der Waals surface area (Å²) in [5, 5.41) is 7.20. The second-order valence-corrected chi connectivity index (χ2v) is 5.69. The smallest absolute Gasteiger partial charge is 0.253 e. The summed E-state index contributed by atoms with van der Waals surface area (Å²) in [5.41, 5.74) is 2.40. The number of carbonyl (C=O) groups excluding carboxylic acids is 1. The van der Waals surface area contributed by atoms with Crippen molar-refractivity contribution < 1.29 is 4.79 Å². The SMILES string of the molecule is O=C(NCc1cnn(-c2ccccc2)c1)c1ccc(-n2ccnc2)nc1. The Balaban J connectivity index is 1.39. The van der Waals surface area contributed by atoms with Crippen molar-refractivity contribution in [1.82, 2.24) is 29.6 Å². The molecule has 4 aromatic rings. The van der Waals surface area contributed by atoms with E-state index in [1.54, 1.807) is 52.5 Å². The van der Waals surface area contributed by atoms with Gasteiger partial charge in [-0.15, -0.1) is 0 Å². The summed E-state index contributed by atoms with van der Waals surface area (Å²) in [6.07, 6.45) is 10.3. The zero-order valence-electron chi connectivity index (χ0n) is 13.9. The van der Waals surface area contributed by atoms with E-state index < -0.39 is 0 Å². The van der Waals surface area contributed by atoms with Gasteiger partial charge in [0.1, 0.15) is 12.1 Å². The molecule has 7 nitrogen and oxygen atoms in total.